The van der Waals surface area contributed by atoms with Gasteiger partial charge in [-0.15, -0.1) is 0 Å². The molecule has 2 aromatic heterocycles. The van der Waals surface area contributed by atoms with Gasteiger partial charge >= 0.3 is 0 Å². The van der Waals surface area contributed by atoms with Gasteiger partial charge in [0.15, 0.2) is 10.8 Å². The molecule has 1 atom stereocenters. The van der Waals surface area contributed by atoms with E-state index in [9.17, 15) is 4.79 Å². The molecule has 3 heterocycles. The summed E-state index contributed by atoms with van der Waals surface area (Å²) < 4.78 is 7.15. The van der Waals surface area contributed by atoms with Gasteiger partial charge in [-0.25, -0.2) is 4.98 Å². The number of benzene rings is 1. The molecular formula is C21H25ClN6O2S. The number of amides is 1. The van der Waals surface area contributed by atoms with Crippen molar-refractivity contribution in [2.24, 2.45) is 0 Å². The minimum atomic E-state index is -0.326. The van der Waals surface area contributed by atoms with Gasteiger partial charge in [-0.2, -0.15) is 5.10 Å². The fourth-order valence-corrected chi connectivity index (χ4v) is 4.97. The van der Waals surface area contributed by atoms with E-state index in [4.69, 9.17) is 26.7 Å². The Kier molecular flexibility index (Phi) is 6.36. The van der Waals surface area contributed by atoms with Crippen molar-refractivity contribution in [2.75, 3.05) is 26.3 Å². The first kappa shape index (κ1) is 21.9. The van der Waals surface area contributed by atoms with Gasteiger partial charge in [0.05, 0.1) is 29.5 Å². The zero-order valence-corrected chi connectivity index (χ0v) is 19.3. The summed E-state index contributed by atoms with van der Waals surface area (Å²) in [5, 5.41) is 17.6. The van der Waals surface area contributed by atoms with E-state index in [1.165, 1.54) is 11.8 Å². The molecule has 10 heteroatoms. The lowest BCUT2D eigenvalue weighted by Crippen LogP contribution is -2.44. The number of hydrogen-bond acceptors (Lipinski definition) is 6. The van der Waals surface area contributed by atoms with Crippen molar-refractivity contribution in [1.82, 2.24) is 24.6 Å². The highest BCUT2D eigenvalue weighted by molar-refractivity contribution is 8.00. The number of carbonyl (C=O) groups excluding carboxylic acids is 1. The SMILES string of the molecule is CC[C@@H](Sc1nc2n[nH]c(C)c2c(=N)n1-c1cccc(Cl)c1C)C(=O)N1CCOCC1. The van der Waals surface area contributed by atoms with E-state index in [-0.39, 0.29) is 16.6 Å². The Hall–Kier alpha value is -2.36. The van der Waals surface area contributed by atoms with E-state index in [1.54, 1.807) is 4.57 Å². The standard InChI is InChI=1S/C21H25ClN6O2S/c1-4-16(20(29)27-8-10-30-11-9-27)31-21-24-19-17(13(3)25-26-19)18(23)28(21)15-7-5-6-14(22)12(15)2/h5-7,16,23H,4,8-11H2,1-3H3,(H,25,26)/t16-/m1/s1. The Balaban J connectivity index is 1.83. The molecule has 164 valence electrons. The van der Waals surface area contributed by atoms with Gasteiger partial charge in [-0.1, -0.05) is 36.4 Å². The van der Waals surface area contributed by atoms with Crippen molar-refractivity contribution in [1.29, 1.82) is 5.41 Å². The van der Waals surface area contributed by atoms with Crippen molar-refractivity contribution in [3.8, 4) is 5.69 Å². The van der Waals surface area contributed by atoms with Crippen molar-refractivity contribution in [2.45, 2.75) is 37.6 Å². The third-order valence-corrected chi connectivity index (χ3v) is 7.19. The third kappa shape index (κ3) is 4.09. The predicted molar refractivity (Wildman–Crippen MR) is 121 cm³/mol. The smallest absolute Gasteiger partial charge is 0.236 e. The van der Waals surface area contributed by atoms with Crippen LogP contribution >= 0.6 is 23.4 Å². The van der Waals surface area contributed by atoms with Crippen molar-refractivity contribution >= 4 is 40.3 Å². The molecule has 31 heavy (non-hydrogen) atoms. The maximum absolute atomic E-state index is 13.2. The minimum Gasteiger partial charge on any atom is -0.378 e. The number of hydrogen-bond donors (Lipinski definition) is 2. The van der Waals surface area contributed by atoms with Crippen LogP contribution in [0.1, 0.15) is 24.6 Å². The quantitative estimate of drug-likeness (QED) is 0.449. The number of aromatic amines is 1. The van der Waals surface area contributed by atoms with Gasteiger partial charge in [0.1, 0.15) is 5.49 Å². The molecule has 0 aliphatic carbocycles. The summed E-state index contributed by atoms with van der Waals surface area (Å²) in [7, 11) is 0. The van der Waals surface area contributed by atoms with Crippen LogP contribution in [0.3, 0.4) is 0 Å². The number of halogens is 1. The number of fused-ring (bicyclic) bond motifs is 1. The molecule has 0 saturated carbocycles. The molecule has 1 aromatic carbocycles. The summed E-state index contributed by atoms with van der Waals surface area (Å²) in [4.78, 5) is 19.8. The summed E-state index contributed by atoms with van der Waals surface area (Å²) >= 11 is 7.76. The number of nitrogens with zero attached hydrogens (tertiary/aromatic N) is 4. The highest BCUT2D eigenvalue weighted by atomic mass is 35.5. The predicted octanol–water partition coefficient (Wildman–Crippen LogP) is 3.23. The Labute approximate surface area is 189 Å². The zero-order chi connectivity index (χ0) is 22.1. The molecule has 1 amide bonds. The Morgan fingerprint density at radius 1 is 1.35 bits per heavy atom. The van der Waals surface area contributed by atoms with Crippen molar-refractivity contribution in [3.63, 3.8) is 0 Å². The first-order valence-electron chi connectivity index (χ1n) is 10.2. The molecule has 0 spiro atoms. The van der Waals surface area contributed by atoms with Crippen LogP contribution in [0.5, 0.6) is 0 Å². The molecule has 3 aromatic rings. The number of ether oxygens (including phenoxy) is 1. The van der Waals surface area contributed by atoms with E-state index in [1.807, 2.05) is 43.9 Å². The van der Waals surface area contributed by atoms with Gasteiger partial charge in [0.25, 0.3) is 0 Å². The molecule has 1 aliphatic rings. The molecule has 0 unspecified atom stereocenters. The van der Waals surface area contributed by atoms with Crippen LogP contribution in [-0.4, -0.2) is 62.1 Å². The Bertz CT molecular complexity index is 1180. The number of carbonyl (C=O) groups is 1. The molecule has 1 saturated heterocycles. The normalized spacial score (nSPS) is 15.4. The number of H-pyrrole nitrogens is 1. The molecule has 8 nitrogen and oxygen atoms in total. The summed E-state index contributed by atoms with van der Waals surface area (Å²) in [5.74, 6) is 0.0665. The maximum atomic E-state index is 13.2. The summed E-state index contributed by atoms with van der Waals surface area (Å²) in [6, 6.07) is 5.59. The van der Waals surface area contributed by atoms with Crippen LogP contribution < -0.4 is 5.49 Å². The van der Waals surface area contributed by atoms with Crippen LogP contribution in [0.2, 0.25) is 5.02 Å². The lowest BCUT2D eigenvalue weighted by molar-refractivity contribution is -0.134. The van der Waals surface area contributed by atoms with Gasteiger partial charge in [0.2, 0.25) is 5.91 Å². The first-order valence-corrected chi connectivity index (χ1v) is 11.5. The number of thioether (sulfide) groups is 1. The molecule has 0 bridgehead atoms. The zero-order valence-electron chi connectivity index (χ0n) is 17.7. The molecule has 0 radical (unpaired) electrons. The number of morpholine rings is 1. The van der Waals surface area contributed by atoms with Gasteiger partial charge in [0, 0.05) is 23.8 Å². The number of rotatable bonds is 5. The van der Waals surface area contributed by atoms with E-state index in [2.05, 4.69) is 10.2 Å². The van der Waals surface area contributed by atoms with Crippen LogP contribution in [0.25, 0.3) is 16.7 Å². The molecule has 4 rings (SSSR count). The molecule has 2 N–H and O–H groups in total. The fourth-order valence-electron chi connectivity index (χ4n) is 3.69. The van der Waals surface area contributed by atoms with E-state index < -0.39 is 0 Å². The second kappa shape index (κ2) is 9.02. The number of nitrogens with one attached hydrogen (secondary N) is 2. The van der Waals surface area contributed by atoms with E-state index in [0.717, 1.165) is 16.9 Å². The number of aryl methyl sites for hydroxylation is 1. The monoisotopic (exact) mass is 460 g/mol. The molecular weight excluding hydrogens is 436 g/mol. The van der Waals surface area contributed by atoms with Crippen molar-refractivity contribution < 1.29 is 9.53 Å². The van der Waals surface area contributed by atoms with Crippen molar-refractivity contribution in [3.05, 3.63) is 40.0 Å². The fraction of sp³-hybridized carbons (Fsp3) is 0.429. The van der Waals surface area contributed by atoms with Gasteiger partial charge < -0.3 is 9.64 Å². The molecule has 1 aliphatic heterocycles. The van der Waals surface area contributed by atoms with Crippen LogP contribution in [0.15, 0.2) is 23.4 Å². The van der Waals surface area contributed by atoms with Gasteiger partial charge in [-0.3, -0.25) is 19.9 Å². The Morgan fingerprint density at radius 2 is 2.10 bits per heavy atom. The number of aromatic nitrogens is 4. The minimum absolute atomic E-state index is 0.0665. The lowest BCUT2D eigenvalue weighted by atomic mass is 10.2. The largest absolute Gasteiger partial charge is 0.378 e. The summed E-state index contributed by atoms with van der Waals surface area (Å²) in [5.41, 5.74) is 3.12. The topological polar surface area (TPSA) is 99.9 Å². The molecule has 1 fully saturated rings. The van der Waals surface area contributed by atoms with Crippen LogP contribution in [-0.2, 0) is 9.53 Å². The van der Waals surface area contributed by atoms with Crippen LogP contribution in [0, 0.1) is 19.3 Å². The summed E-state index contributed by atoms with van der Waals surface area (Å²) in [6.45, 7) is 8.08. The summed E-state index contributed by atoms with van der Waals surface area (Å²) in [6.07, 6.45) is 0.641. The maximum Gasteiger partial charge on any atom is 0.236 e. The first-order chi connectivity index (χ1) is 14.9. The van der Waals surface area contributed by atoms with Crippen LogP contribution in [0.4, 0.5) is 0 Å². The van der Waals surface area contributed by atoms with E-state index in [0.29, 0.717) is 53.9 Å². The average molecular weight is 461 g/mol. The lowest BCUT2D eigenvalue weighted by Gasteiger charge is -2.30. The van der Waals surface area contributed by atoms with Gasteiger partial charge in [-0.05, 0) is 38.0 Å². The highest BCUT2D eigenvalue weighted by Crippen LogP contribution is 2.30. The second-order valence-electron chi connectivity index (χ2n) is 7.46. The van der Waals surface area contributed by atoms with E-state index >= 15 is 0 Å². The average Bonchev–Trinajstić information content (AvgIpc) is 3.15. The highest BCUT2D eigenvalue weighted by Gasteiger charge is 2.28. The third-order valence-electron chi connectivity index (χ3n) is 5.48. The Morgan fingerprint density at radius 3 is 2.81 bits per heavy atom. The second-order valence-corrected chi connectivity index (χ2v) is 9.04.